The number of amides is 1. The molecular weight excluding hydrogens is 326 g/mol. The molecule has 1 fully saturated rings. The number of hydrogen-bond acceptors (Lipinski definition) is 5. The van der Waals surface area contributed by atoms with Gasteiger partial charge in [-0.15, -0.1) is 0 Å². The van der Waals surface area contributed by atoms with E-state index in [-0.39, 0.29) is 29.1 Å². The molecule has 2 aromatic rings. The van der Waals surface area contributed by atoms with Gasteiger partial charge in [0.05, 0.1) is 23.4 Å². The Morgan fingerprint density at radius 1 is 1.17 bits per heavy atom. The van der Waals surface area contributed by atoms with E-state index in [0.717, 1.165) is 11.4 Å². The normalized spacial score (nSPS) is 19.0. The van der Waals surface area contributed by atoms with Crippen LogP contribution < -0.4 is 10.2 Å². The summed E-state index contributed by atoms with van der Waals surface area (Å²) in [5.74, 6) is -0.203. The van der Waals surface area contributed by atoms with E-state index in [2.05, 4.69) is 10.3 Å². The summed E-state index contributed by atoms with van der Waals surface area (Å²) in [6, 6.07) is 13.0. The number of nitrogens with one attached hydrogen (secondary N) is 1. The van der Waals surface area contributed by atoms with Crippen LogP contribution in [0.2, 0.25) is 0 Å². The first-order chi connectivity index (χ1) is 11.4. The van der Waals surface area contributed by atoms with E-state index in [4.69, 9.17) is 0 Å². The summed E-state index contributed by atoms with van der Waals surface area (Å²) in [5.41, 5.74) is 2.17. The lowest BCUT2D eigenvalue weighted by atomic mass is 10.2. The highest BCUT2D eigenvalue weighted by Gasteiger charge is 2.29. The van der Waals surface area contributed by atoms with Crippen molar-refractivity contribution in [1.82, 2.24) is 10.3 Å². The predicted molar refractivity (Wildman–Crippen MR) is 93.3 cm³/mol. The van der Waals surface area contributed by atoms with Crippen LogP contribution in [0.5, 0.6) is 0 Å². The molecule has 1 atom stereocenters. The molecule has 3 rings (SSSR count). The second-order valence-electron chi connectivity index (χ2n) is 5.87. The predicted octanol–water partition coefficient (Wildman–Crippen LogP) is 1.77. The molecule has 1 N–H and O–H groups in total. The Morgan fingerprint density at radius 2 is 1.92 bits per heavy atom. The van der Waals surface area contributed by atoms with Crippen molar-refractivity contribution < 1.29 is 13.2 Å². The average Bonchev–Trinajstić information content (AvgIpc) is 2.93. The van der Waals surface area contributed by atoms with Crippen molar-refractivity contribution in [2.24, 2.45) is 0 Å². The van der Waals surface area contributed by atoms with E-state index in [0.29, 0.717) is 6.42 Å². The maximum absolute atomic E-state index is 12.2. The molecule has 7 heteroatoms. The Kier molecular flexibility index (Phi) is 4.53. The van der Waals surface area contributed by atoms with Gasteiger partial charge in [-0.1, -0.05) is 18.2 Å². The number of para-hydroxylation sites is 1. The van der Waals surface area contributed by atoms with Crippen LogP contribution in [0, 0.1) is 0 Å². The van der Waals surface area contributed by atoms with Crippen LogP contribution in [0.15, 0.2) is 48.7 Å². The molecule has 1 aliphatic heterocycles. The van der Waals surface area contributed by atoms with Crippen LogP contribution in [0.4, 0.5) is 11.4 Å². The molecule has 1 aromatic heterocycles. The number of aromatic nitrogens is 1. The minimum atomic E-state index is -3.01. The summed E-state index contributed by atoms with van der Waals surface area (Å²) in [5, 5.41) is 2.74. The number of nitrogens with zero attached hydrogens (tertiary/aromatic N) is 2. The third-order valence-electron chi connectivity index (χ3n) is 4.08. The van der Waals surface area contributed by atoms with Crippen LogP contribution in [-0.2, 0) is 9.84 Å². The molecule has 2 heterocycles. The van der Waals surface area contributed by atoms with Gasteiger partial charge in [-0.05, 0) is 30.7 Å². The maximum atomic E-state index is 12.2. The smallest absolute Gasteiger partial charge is 0.270 e. The van der Waals surface area contributed by atoms with Crippen LogP contribution in [-0.4, -0.2) is 43.9 Å². The molecule has 1 aromatic carbocycles. The fraction of sp³-hybridized carbons (Fsp3) is 0.294. The summed E-state index contributed by atoms with van der Waals surface area (Å²) < 4.78 is 22.9. The molecule has 1 unspecified atom stereocenters. The summed E-state index contributed by atoms with van der Waals surface area (Å²) in [6.45, 7) is 0. The number of rotatable bonds is 4. The topological polar surface area (TPSA) is 79.4 Å². The lowest BCUT2D eigenvalue weighted by molar-refractivity contribution is 0.0936. The number of anilines is 2. The lowest BCUT2D eigenvalue weighted by Gasteiger charge is -2.19. The van der Waals surface area contributed by atoms with Gasteiger partial charge in [0.2, 0.25) is 0 Å². The van der Waals surface area contributed by atoms with E-state index < -0.39 is 9.84 Å². The third kappa shape index (κ3) is 3.73. The zero-order chi connectivity index (χ0) is 17.2. The van der Waals surface area contributed by atoms with Crippen LogP contribution in [0.1, 0.15) is 16.9 Å². The van der Waals surface area contributed by atoms with Gasteiger partial charge in [0.15, 0.2) is 9.84 Å². The van der Waals surface area contributed by atoms with Gasteiger partial charge >= 0.3 is 0 Å². The summed E-state index contributed by atoms with van der Waals surface area (Å²) >= 11 is 0. The zero-order valence-corrected chi connectivity index (χ0v) is 14.2. The first-order valence-electron chi connectivity index (χ1n) is 7.71. The number of pyridine rings is 1. The molecule has 24 heavy (non-hydrogen) atoms. The van der Waals surface area contributed by atoms with Crippen molar-refractivity contribution in [2.45, 2.75) is 12.5 Å². The first kappa shape index (κ1) is 16.4. The lowest BCUT2D eigenvalue weighted by Crippen LogP contribution is -2.36. The Hall–Kier alpha value is -2.41. The highest BCUT2D eigenvalue weighted by Crippen LogP contribution is 2.22. The van der Waals surface area contributed by atoms with Gasteiger partial charge < -0.3 is 10.2 Å². The van der Waals surface area contributed by atoms with E-state index in [1.807, 2.05) is 48.3 Å². The van der Waals surface area contributed by atoms with Gasteiger partial charge in [-0.3, -0.25) is 4.79 Å². The fourth-order valence-corrected chi connectivity index (χ4v) is 4.36. The largest absolute Gasteiger partial charge is 0.347 e. The average molecular weight is 345 g/mol. The second kappa shape index (κ2) is 6.60. The second-order valence-corrected chi connectivity index (χ2v) is 8.10. The summed E-state index contributed by atoms with van der Waals surface area (Å²) in [7, 11) is -1.09. The maximum Gasteiger partial charge on any atom is 0.270 e. The van der Waals surface area contributed by atoms with Crippen LogP contribution in [0.25, 0.3) is 0 Å². The number of carbonyl (C=O) groups excluding carboxylic acids is 1. The Balaban J connectivity index is 1.67. The number of carbonyl (C=O) groups is 1. The SMILES string of the molecule is CN(c1ccccc1)c1ccc(C(=O)NC2CCS(=O)(=O)C2)nc1. The molecular formula is C17H19N3O3S. The van der Waals surface area contributed by atoms with E-state index in [9.17, 15) is 13.2 Å². The zero-order valence-electron chi connectivity index (χ0n) is 13.3. The van der Waals surface area contributed by atoms with Crippen molar-refractivity contribution in [3.8, 4) is 0 Å². The molecule has 0 radical (unpaired) electrons. The molecule has 0 bridgehead atoms. The highest BCUT2D eigenvalue weighted by atomic mass is 32.2. The summed E-state index contributed by atoms with van der Waals surface area (Å²) in [4.78, 5) is 18.4. The van der Waals surface area contributed by atoms with Crippen LogP contribution >= 0.6 is 0 Å². The number of benzene rings is 1. The van der Waals surface area contributed by atoms with Crippen molar-refractivity contribution in [3.05, 3.63) is 54.4 Å². The van der Waals surface area contributed by atoms with Gasteiger partial charge in [0.25, 0.3) is 5.91 Å². The quantitative estimate of drug-likeness (QED) is 0.913. The molecule has 1 amide bonds. The molecule has 0 spiro atoms. The molecule has 0 aliphatic carbocycles. The van der Waals surface area contributed by atoms with Crippen molar-refractivity contribution in [3.63, 3.8) is 0 Å². The highest BCUT2D eigenvalue weighted by molar-refractivity contribution is 7.91. The first-order valence-corrected chi connectivity index (χ1v) is 9.53. The van der Waals surface area contributed by atoms with Gasteiger partial charge in [-0.2, -0.15) is 0 Å². The van der Waals surface area contributed by atoms with Gasteiger partial charge in [0.1, 0.15) is 5.69 Å². The molecule has 1 saturated heterocycles. The molecule has 6 nitrogen and oxygen atoms in total. The molecule has 0 saturated carbocycles. The van der Waals surface area contributed by atoms with E-state index >= 15 is 0 Å². The fourth-order valence-electron chi connectivity index (χ4n) is 2.69. The number of hydrogen-bond donors (Lipinski definition) is 1. The number of sulfone groups is 1. The molecule has 126 valence electrons. The van der Waals surface area contributed by atoms with E-state index in [1.54, 1.807) is 12.3 Å². The van der Waals surface area contributed by atoms with Crippen LogP contribution in [0.3, 0.4) is 0 Å². The van der Waals surface area contributed by atoms with E-state index in [1.165, 1.54) is 0 Å². The van der Waals surface area contributed by atoms with Crippen molar-refractivity contribution in [1.29, 1.82) is 0 Å². The standard InChI is InChI=1S/C17H19N3O3S/c1-20(14-5-3-2-4-6-14)15-7-8-16(18-11-15)17(21)19-13-9-10-24(22,23)12-13/h2-8,11,13H,9-10,12H2,1H3,(H,19,21). The Bertz CT molecular complexity index is 820. The minimum Gasteiger partial charge on any atom is -0.347 e. The summed E-state index contributed by atoms with van der Waals surface area (Å²) in [6.07, 6.45) is 2.09. The third-order valence-corrected chi connectivity index (χ3v) is 5.85. The Morgan fingerprint density at radius 3 is 2.50 bits per heavy atom. The Labute approximate surface area is 141 Å². The van der Waals surface area contributed by atoms with Gasteiger partial charge in [-0.25, -0.2) is 13.4 Å². The van der Waals surface area contributed by atoms with Crippen molar-refractivity contribution in [2.75, 3.05) is 23.5 Å². The molecule has 1 aliphatic rings. The minimum absolute atomic E-state index is 0.00751. The van der Waals surface area contributed by atoms with Crippen molar-refractivity contribution >= 4 is 27.1 Å². The monoisotopic (exact) mass is 345 g/mol. The van der Waals surface area contributed by atoms with Gasteiger partial charge in [0, 0.05) is 18.8 Å².